The van der Waals surface area contributed by atoms with Crippen LogP contribution in [-0.2, 0) is 9.59 Å². The number of nitrogens with one attached hydrogen (secondary N) is 1. The van der Waals surface area contributed by atoms with E-state index in [-0.39, 0.29) is 11.3 Å². The van der Waals surface area contributed by atoms with Gasteiger partial charge in [-0.2, -0.15) is 5.26 Å². The van der Waals surface area contributed by atoms with Gasteiger partial charge in [0.05, 0.1) is 6.07 Å². The summed E-state index contributed by atoms with van der Waals surface area (Å²) >= 11 is 0. The lowest BCUT2D eigenvalue weighted by Crippen LogP contribution is -2.28. The molecule has 116 valence electrons. The van der Waals surface area contributed by atoms with E-state index in [4.69, 9.17) is 5.26 Å². The number of ketones is 1. The van der Waals surface area contributed by atoms with Gasteiger partial charge in [-0.15, -0.1) is 13.2 Å². The molecule has 0 fully saturated rings. The minimum absolute atomic E-state index is 0.0515. The van der Waals surface area contributed by atoms with Crippen molar-refractivity contribution in [3.63, 3.8) is 0 Å². The largest absolute Gasteiger partial charge is 0.573 e. The number of halogens is 3. The number of carbonyl (C=O) groups excluding carboxylic acids is 2. The Hall–Kier alpha value is -2.82. The minimum atomic E-state index is -4.81. The maximum Gasteiger partial charge on any atom is 0.573 e. The molecule has 1 aromatic rings. The number of benzene rings is 1. The van der Waals surface area contributed by atoms with Gasteiger partial charge in [-0.25, -0.2) is 0 Å². The molecule has 1 N–H and O–H groups in total. The summed E-state index contributed by atoms with van der Waals surface area (Å²) in [7, 11) is 0. The minimum Gasteiger partial charge on any atom is -0.406 e. The molecule has 0 saturated carbocycles. The summed E-state index contributed by atoms with van der Waals surface area (Å²) in [5.41, 5.74) is 0.171. The smallest absolute Gasteiger partial charge is 0.406 e. The predicted molar refractivity (Wildman–Crippen MR) is 70.7 cm³/mol. The molecule has 0 spiro atoms. The molecule has 0 aliphatic heterocycles. The quantitative estimate of drug-likeness (QED) is 0.670. The monoisotopic (exact) mass is 312 g/mol. The highest BCUT2D eigenvalue weighted by Crippen LogP contribution is 2.24. The summed E-state index contributed by atoms with van der Waals surface area (Å²) in [5.74, 6) is -3.64. The third-order valence-electron chi connectivity index (χ3n) is 2.43. The van der Waals surface area contributed by atoms with E-state index in [0.717, 1.165) is 24.3 Å². The van der Waals surface area contributed by atoms with Gasteiger partial charge < -0.3 is 10.1 Å². The van der Waals surface area contributed by atoms with E-state index in [1.165, 1.54) is 6.92 Å². The molecule has 5 nitrogen and oxygen atoms in total. The fourth-order valence-corrected chi connectivity index (χ4v) is 1.44. The second-order valence-electron chi connectivity index (χ2n) is 4.27. The van der Waals surface area contributed by atoms with Gasteiger partial charge in [-0.1, -0.05) is 6.58 Å². The number of Topliss-reactive ketones (excluding diaryl/α,β-unsaturated/α-hetero) is 1. The van der Waals surface area contributed by atoms with E-state index in [2.05, 4.69) is 16.6 Å². The Kier molecular flexibility index (Phi) is 5.29. The highest BCUT2D eigenvalue weighted by Gasteiger charge is 2.31. The number of alkyl halides is 3. The van der Waals surface area contributed by atoms with Crippen molar-refractivity contribution in [3.05, 3.63) is 36.4 Å². The molecule has 1 rings (SSSR count). The van der Waals surface area contributed by atoms with Crippen LogP contribution in [0.5, 0.6) is 5.75 Å². The van der Waals surface area contributed by atoms with Crippen LogP contribution in [0.15, 0.2) is 36.4 Å². The molecule has 1 atom stereocenters. The zero-order chi connectivity index (χ0) is 16.9. The van der Waals surface area contributed by atoms with Crippen LogP contribution in [0, 0.1) is 17.2 Å². The number of hydrogen-bond acceptors (Lipinski definition) is 4. The Morgan fingerprint density at radius 3 is 2.27 bits per heavy atom. The number of nitriles is 1. The van der Waals surface area contributed by atoms with Crippen LogP contribution in [0.1, 0.15) is 6.92 Å². The fraction of sp³-hybridized carbons (Fsp3) is 0.214. The van der Waals surface area contributed by atoms with E-state index in [1.807, 2.05) is 0 Å². The van der Waals surface area contributed by atoms with Gasteiger partial charge in [-0.3, -0.25) is 9.59 Å². The number of anilines is 1. The highest BCUT2D eigenvalue weighted by atomic mass is 19.4. The Bertz CT molecular complexity index is 630. The molecule has 1 amide bonds. The van der Waals surface area contributed by atoms with Crippen molar-refractivity contribution in [1.82, 2.24) is 0 Å². The first kappa shape index (κ1) is 17.2. The lowest BCUT2D eigenvalue weighted by molar-refractivity contribution is -0.274. The number of rotatable bonds is 5. The van der Waals surface area contributed by atoms with Gasteiger partial charge in [0.15, 0.2) is 11.7 Å². The summed E-state index contributed by atoms with van der Waals surface area (Å²) in [6, 6.07) is 5.83. The van der Waals surface area contributed by atoms with E-state index >= 15 is 0 Å². The Balaban J connectivity index is 2.79. The molecular formula is C14H11F3N2O3. The van der Waals surface area contributed by atoms with Crippen LogP contribution in [0.2, 0.25) is 0 Å². The fourth-order valence-electron chi connectivity index (χ4n) is 1.44. The van der Waals surface area contributed by atoms with Crippen molar-refractivity contribution in [1.29, 1.82) is 5.26 Å². The van der Waals surface area contributed by atoms with E-state index in [0.29, 0.717) is 0 Å². The van der Waals surface area contributed by atoms with Crippen molar-refractivity contribution in [3.8, 4) is 11.8 Å². The molecular weight excluding hydrogens is 301 g/mol. The van der Waals surface area contributed by atoms with Gasteiger partial charge in [0.25, 0.3) is 0 Å². The number of carbonyl (C=O) groups is 2. The number of ether oxygens (including phenoxy) is 1. The molecule has 0 aromatic heterocycles. The third-order valence-corrected chi connectivity index (χ3v) is 2.43. The summed E-state index contributed by atoms with van der Waals surface area (Å²) in [6.07, 6.45) is -4.81. The van der Waals surface area contributed by atoms with Crippen molar-refractivity contribution >= 4 is 17.4 Å². The van der Waals surface area contributed by atoms with Crippen molar-refractivity contribution < 1.29 is 27.5 Å². The van der Waals surface area contributed by atoms with Gasteiger partial charge in [0.2, 0.25) is 5.91 Å². The highest BCUT2D eigenvalue weighted by molar-refractivity contribution is 6.14. The Morgan fingerprint density at radius 2 is 1.86 bits per heavy atom. The number of amides is 1. The molecule has 0 heterocycles. The number of nitrogens with zero attached hydrogens (tertiary/aromatic N) is 1. The van der Waals surface area contributed by atoms with Gasteiger partial charge in [0.1, 0.15) is 5.75 Å². The second-order valence-corrected chi connectivity index (χ2v) is 4.27. The van der Waals surface area contributed by atoms with Crippen molar-refractivity contribution in [2.75, 3.05) is 5.32 Å². The Labute approximate surface area is 124 Å². The maximum absolute atomic E-state index is 12.0. The standard InChI is InChI=1S/C14H11F3N2O3/c1-8(2)12(20)11(7-18)13(21)19-9-3-5-10(6-4-9)22-14(15,16)17/h3-6,11H,1H2,2H3,(H,19,21). The summed E-state index contributed by atoms with van der Waals surface area (Å²) in [5, 5.41) is 11.1. The number of allylic oxidation sites excluding steroid dienone is 1. The first-order valence-electron chi connectivity index (χ1n) is 5.90. The van der Waals surface area contributed by atoms with Crippen LogP contribution < -0.4 is 10.1 Å². The first-order chi connectivity index (χ1) is 10.1. The molecule has 0 aliphatic carbocycles. The molecule has 0 saturated heterocycles. The third kappa shape index (κ3) is 4.94. The molecule has 0 aliphatic rings. The van der Waals surface area contributed by atoms with Crippen LogP contribution in [0.25, 0.3) is 0 Å². The normalized spacial score (nSPS) is 12.0. The number of hydrogen-bond donors (Lipinski definition) is 1. The summed E-state index contributed by atoms with van der Waals surface area (Å²) < 4.78 is 39.7. The predicted octanol–water partition coefficient (Wildman–Crippen LogP) is 2.81. The van der Waals surface area contributed by atoms with Crippen LogP contribution in [0.4, 0.5) is 18.9 Å². The van der Waals surface area contributed by atoms with Gasteiger partial charge in [-0.05, 0) is 36.8 Å². The molecule has 0 radical (unpaired) electrons. The zero-order valence-electron chi connectivity index (χ0n) is 11.4. The lowest BCUT2D eigenvalue weighted by Gasteiger charge is -2.11. The Morgan fingerprint density at radius 1 is 1.32 bits per heavy atom. The van der Waals surface area contributed by atoms with E-state index < -0.39 is 29.7 Å². The molecule has 22 heavy (non-hydrogen) atoms. The molecule has 8 heteroatoms. The molecule has 0 bridgehead atoms. The van der Waals surface area contributed by atoms with Gasteiger partial charge in [0, 0.05) is 5.69 Å². The van der Waals surface area contributed by atoms with E-state index in [1.54, 1.807) is 6.07 Å². The summed E-state index contributed by atoms with van der Waals surface area (Å²) in [6.45, 7) is 4.72. The maximum atomic E-state index is 12.0. The SMILES string of the molecule is C=C(C)C(=O)C(C#N)C(=O)Nc1ccc(OC(F)(F)F)cc1. The van der Waals surface area contributed by atoms with Crippen molar-refractivity contribution in [2.45, 2.75) is 13.3 Å². The van der Waals surface area contributed by atoms with Crippen molar-refractivity contribution in [2.24, 2.45) is 5.92 Å². The average Bonchev–Trinajstić information content (AvgIpc) is 2.40. The lowest BCUT2D eigenvalue weighted by atomic mass is 10.00. The zero-order valence-corrected chi connectivity index (χ0v) is 11.4. The molecule has 1 aromatic carbocycles. The first-order valence-corrected chi connectivity index (χ1v) is 5.90. The second kappa shape index (κ2) is 6.76. The van der Waals surface area contributed by atoms with Gasteiger partial charge >= 0.3 is 6.36 Å². The topological polar surface area (TPSA) is 79.2 Å². The van der Waals surface area contributed by atoms with Crippen LogP contribution >= 0.6 is 0 Å². The molecule has 1 unspecified atom stereocenters. The summed E-state index contributed by atoms with van der Waals surface area (Å²) in [4.78, 5) is 23.4. The van der Waals surface area contributed by atoms with Crippen LogP contribution in [-0.4, -0.2) is 18.1 Å². The van der Waals surface area contributed by atoms with E-state index in [9.17, 15) is 22.8 Å². The van der Waals surface area contributed by atoms with Crippen LogP contribution in [0.3, 0.4) is 0 Å². The average molecular weight is 312 g/mol.